The summed E-state index contributed by atoms with van der Waals surface area (Å²) in [6.07, 6.45) is 0.716. The van der Waals surface area contributed by atoms with Gasteiger partial charge in [-0.1, -0.05) is 18.2 Å². The lowest BCUT2D eigenvalue weighted by atomic mass is 9.99. The normalized spacial score (nSPS) is 22.0. The number of thiophene rings is 1. The summed E-state index contributed by atoms with van der Waals surface area (Å²) in [5.41, 5.74) is 3.05. The van der Waals surface area contributed by atoms with Crippen LogP contribution >= 0.6 is 11.3 Å². The molecule has 0 saturated carbocycles. The molecule has 2 aliphatic rings. The van der Waals surface area contributed by atoms with E-state index in [0.29, 0.717) is 6.04 Å². The maximum Gasteiger partial charge on any atom is 0.256 e. The highest BCUT2D eigenvalue weighted by molar-refractivity contribution is 7.16. The van der Waals surface area contributed by atoms with Crippen LogP contribution in [-0.2, 0) is 13.0 Å². The molecule has 1 unspecified atom stereocenters. The number of hydrogen-bond donors (Lipinski definition) is 3. The molecule has 0 bridgehead atoms. The molecule has 4 rings (SSSR count). The minimum absolute atomic E-state index is 0.0233. The van der Waals surface area contributed by atoms with Gasteiger partial charge in [-0.3, -0.25) is 4.79 Å². The quantitative estimate of drug-likeness (QED) is 0.786. The molecule has 3 heterocycles. The maximum absolute atomic E-state index is 12.8. The first-order valence-corrected chi connectivity index (χ1v) is 9.59. The molecular formula is C19H24N3O2S+. The lowest BCUT2D eigenvalue weighted by Crippen LogP contribution is -3.14. The van der Waals surface area contributed by atoms with Crippen molar-refractivity contribution in [2.24, 2.45) is 0 Å². The minimum atomic E-state index is -0.259. The molecule has 0 spiro atoms. The van der Waals surface area contributed by atoms with Crippen LogP contribution in [0, 0.1) is 0 Å². The third kappa shape index (κ3) is 2.79. The number of benzene rings is 1. The Morgan fingerprint density at radius 3 is 2.84 bits per heavy atom. The summed E-state index contributed by atoms with van der Waals surface area (Å²) in [4.78, 5) is 15.8. The van der Waals surface area contributed by atoms with Gasteiger partial charge in [0.05, 0.1) is 30.1 Å². The standard InChI is InChI=1S/C19H23N3O2S/c1-11(2)22-9-8-13-15(10-22)25-19-16(13)18(23)20-17(21-19)12-6-4-5-7-14(12)24-3/h4-7,11,17,21H,8-10H2,1-3H3,(H,20,23)/p+1/t17-/m1/s1. The van der Waals surface area contributed by atoms with Crippen molar-refractivity contribution in [3.05, 3.63) is 45.8 Å². The van der Waals surface area contributed by atoms with E-state index < -0.39 is 0 Å². The van der Waals surface area contributed by atoms with E-state index in [4.69, 9.17) is 4.74 Å². The Morgan fingerprint density at radius 2 is 2.08 bits per heavy atom. The molecule has 1 aromatic heterocycles. The SMILES string of the molecule is COc1ccccc1[C@@H]1NC(=O)c2c(sc3c2CC[NH+](C(C)C)C3)N1. The minimum Gasteiger partial charge on any atom is -0.496 e. The van der Waals surface area contributed by atoms with Crippen molar-refractivity contribution < 1.29 is 14.4 Å². The van der Waals surface area contributed by atoms with Gasteiger partial charge in [-0.05, 0) is 25.5 Å². The predicted molar refractivity (Wildman–Crippen MR) is 99.5 cm³/mol. The Kier molecular flexibility index (Phi) is 4.17. The van der Waals surface area contributed by atoms with E-state index in [2.05, 4.69) is 24.5 Å². The summed E-state index contributed by atoms with van der Waals surface area (Å²) in [5.74, 6) is 0.802. The van der Waals surface area contributed by atoms with Crippen LogP contribution in [0.25, 0.3) is 0 Å². The van der Waals surface area contributed by atoms with E-state index >= 15 is 0 Å². The maximum atomic E-state index is 12.8. The largest absolute Gasteiger partial charge is 0.496 e. The van der Waals surface area contributed by atoms with E-state index in [0.717, 1.165) is 41.4 Å². The van der Waals surface area contributed by atoms with Crippen molar-refractivity contribution in [1.82, 2.24) is 5.32 Å². The summed E-state index contributed by atoms with van der Waals surface area (Å²) in [7, 11) is 1.65. The number of carbonyl (C=O) groups is 1. The zero-order valence-electron chi connectivity index (χ0n) is 14.8. The number of para-hydroxylation sites is 1. The van der Waals surface area contributed by atoms with Gasteiger partial charge in [0.25, 0.3) is 5.91 Å². The fraction of sp³-hybridized carbons (Fsp3) is 0.421. The number of methoxy groups -OCH3 is 1. The smallest absolute Gasteiger partial charge is 0.256 e. The second kappa shape index (κ2) is 6.35. The number of amides is 1. The van der Waals surface area contributed by atoms with E-state index in [1.807, 2.05) is 24.3 Å². The number of nitrogens with one attached hydrogen (secondary N) is 3. The summed E-state index contributed by atoms with van der Waals surface area (Å²) >= 11 is 1.74. The van der Waals surface area contributed by atoms with Crippen LogP contribution < -0.4 is 20.3 Å². The van der Waals surface area contributed by atoms with Gasteiger partial charge in [0, 0.05) is 12.0 Å². The van der Waals surface area contributed by atoms with Gasteiger partial charge < -0.3 is 20.3 Å². The zero-order chi connectivity index (χ0) is 17.6. The van der Waals surface area contributed by atoms with Gasteiger partial charge in [0.1, 0.15) is 23.5 Å². The number of fused-ring (bicyclic) bond motifs is 3. The highest BCUT2D eigenvalue weighted by atomic mass is 32.1. The number of rotatable bonds is 3. The van der Waals surface area contributed by atoms with Crippen molar-refractivity contribution in [3.63, 3.8) is 0 Å². The number of carbonyl (C=O) groups excluding carboxylic acids is 1. The van der Waals surface area contributed by atoms with E-state index in [-0.39, 0.29) is 12.1 Å². The topological polar surface area (TPSA) is 54.8 Å². The average Bonchev–Trinajstić information content (AvgIpc) is 2.99. The van der Waals surface area contributed by atoms with Crippen LogP contribution in [-0.4, -0.2) is 25.6 Å². The van der Waals surface area contributed by atoms with Crippen molar-refractivity contribution in [2.45, 2.75) is 39.0 Å². The van der Waals surface area contributed by atoms with Crippen LogP contribution in [0.4, 0.5) is 5.00 Å². The first-order chi connectivity index (χ1) is 12.1. The van der Waals surface area contributed by atoms with Gasteiger partial charge in [-0.2, -0.15) is 0 Å². The Morgan fingerprint density at radius 1 is 1.28 bits per heavy atom. The third-order valence-electron chi connectivity index (χ3n) is 5.22. The predicted octanol–water partition coefficient (Wildman–Crippen LogP) is 1.96. The number of quaternary nitrogens is 1. The fourth-order valence-corrected chi connectivity index (χ4v) is 5.09. The van der Waals surface area contributed by atoms with Gasteiger partial charge in [-0.15, -0.1) is 11.3 Å². The van der Waals surface area contributed by atoms with Crippen molar-refractivity contribution >= 4 is 22.2 Å². The second-order valence-electron chi connectivity index (χ2n) is 6.99. The Labute approximate surface area is 152 Å². The molecule has 2 aromatic rings. The molecule has 0 radical (unpaired) electrons. The number of hydrogen-bond acceptors (Lipinski definition) is 4. The van der Waals surface area contributed by atoms with Crippen LogP contribution in [0.1, 0.15) is 46.4 Å². The Balaban J connectivity index is 1.67. The molecule has 1 aromatic carbocycles. The summed E-state index contributed by atoms with van der Waals surface area (Å²) in [6, 6.07) is 8.41. The zero-order valence-corrected chi connectivity index (χ0v) is 15.6. The first kappa shape index (κ1) is 16.4. The highest BCUT2D eigenvalue weighted by Crippen LogP contribution is 2.40. The molecule has 5 nitrogen and oxygen atoms in total. The van der Waals surface area contributed by atoms with Gasteiger partial charge in [0.15, 0.2) is 0 Å². The van der Waals surface area contributed by atoms with Crippen molar-refractivity contribution in [1.29, 1.82) is 0 Å². The lowest BCUT2D eigenvalue weighted by molar-refractivity contribution is -0.936. The molecular weight excluding hydrogens is 334 g/mol. The third-order valence-corrected chi connectivity index (χ3v) is 6.38. The summed E-state index contributed by atoms with van der Waals surface area (Å²) < 4.78 is 5.45. The van der Waals surface area contributed by atoms with Gasteiger partial charge >= 0.3 is 0 Å². The number of ether oxygens (including phenoxy) is 1. The van der Waals surface area contributed by atoms with Crippen LogP contribution in [0.2, 0.25) is 0 Å². The first-order valence-electron chi connectivity index (χ1n) is 8.78. The Hall–Kier alpha value is -2.05. The molecule has 0 aliphatic carbocycles. The van der Waals surface area contributed by atoms with Crippen LogP contribution in [0.15, 0.2) is 24.3 Å². The molecule has 0 saturated heterocycles. The van der Waals surface area contributed by atoms with E-state index in [9.17, 15) is 4.79 Å². The lowest BCUT2D eigenvalue weighted by Gasteiger charge is -2.29. The molecule has 2 atom stereocenters. The second-order valence-corrected chi connectivity index (χ2v) is 8.10. The fourth-order valence-electron chi connectivity index (χ4n) is 3.77. The average molecular weight is 358 g/mol. The van der Waals surface area contributed by atoms with Crippen molar-refractivity contribution in [2.75, 3.05) is 19.0 Å². The van der Waals surface area contributed by atoms with Gasteiger partial charge in [-0.25, -0.2) is 0 Å². The number of anilines is 1. The van der Waals surface area contributed by atoms with E-state index in [1.54, 1.807) is 23.3 Å². The molecule has 3 N–H and O–H groups in total. The molecule has 6 heteroatoms. The molecule has 1 amide bonds. The van der Waals surface area contributed by atoms with Gasteiger partial charge in [0.2, 0.25) is 0 Å². The van der Waals surface area contributed by atoms with E-state index in [1.165, 1.54) is 10.4 Å². The molecule has 0 fully saturated rings. The summed E-state index contributed by atoms with van der Waals surface area (Å²) in [5, 5.41) is 7.62. The molecule has 132 valence electrons. The molecule has 2 aliphatic heterocycles. The Bertz CT molecular complexity index is 815. The molecule has 25 heavy (non-hydrogen) atoms. The van der Waals surface area contributed by atoms with Crippen LogP contribution in [0.5, 0.6) is 5.75 Å². The highest BCUT2D eigenvalue weighted by Gasteiger charge is 2.35. The monoisotopic (exact) mass is 358 g/mol. The van der Waals surface area contributed by atoms with Crippen molar-refractivity contribution in [3.8, 4) is 5.75 Å². The summed E-state index contributed by atoms with van der Waals surface area (Å²) in [6.45, 7) is 6.63. The van der Waals surface area contributed by atoms with Crippen LogP contribution in [0.3, 0.4) is 0 Å².